The predicted octanol–water partition coefficient (Wildman–Crippen LogP) is 7.45. The molecule has 0 radical (unpaired) electrons. The maximum absolute atomic E-state index is 12.8. The Balaban J connectivity index is 1.35. The Hall–Kier alpha value is -3.33. The quantitative estimate of drug-likeness (QED) is 0.175. The highest BCUT2D eigenvalue weighted by molar-refractivity contribution is 7.15. The molecule has 0 fully saturated rings. The first kappa shape index (κ1) is 26.7. The molecule has 0 aliphatic rings. The van der Waals surface area contributed by atoms with E-state index in [1.807, 2.05) is 62.7 Å². The number of thiazole rings is 1. The number of benzene rings is 2. The normalized spacial score (nSPS) is 12.2. The number of aryl methyl sites for hydroxylation is 2. The van der Waals surface area contributed by atoms with Gasteiger partial charge in [-0.2, -0.15) is 13.2 Å². The average molecular weight is 531 g/mol. The molecule has 0 bridgehead atoms. The van der Waals surface area contributed by atoms with Crippen molar-refractivity contribution in [2.24, 2.45) is 0 Å². The van der Waals surface area contributed by atoms with Crippen LogP contribution in [0.15, 0.2) is 54.7 Å². The lowest BCUT2D eigenvalue weighted by Gasteiger charge is -2.19. The zero-order valence-corrected chi connectivity index (χ0v) is 22.0. The summed E-state index contributed by atoms with van der Waals surface area (Å²) < 4.78 is 51.8. The Morgan fingerprint density at radius 3 is 2.46 bits per heavy atom. The van der Waals surface area contributed by atoms with E-state index in [4.69, 9.17) is 9.47 Å². The fraction of sp³-hybridized carbons (Fsp3) is 0.357. The number of hydrogen-bond donors (Lipinski definition) is 0. The summed E-state index contributed by atoms with van der Waals surface area (Å²) in [5.74, 6) is 0.443. The van der Waals surface area contributed by atoms with Crippen LogP contribution in [0, 0.1) is 6.92 Å². The zero-order valence-electron chi connectivity index (χ0n) is 21.2. The fourth-order valence-electron chi connectivity index (χ4n) is 3.97. The van der Waals surface area contributed by atoms with Crippen molar-refractivity contribution in [2.75, 3.05) is 6.61 Å². The monoisotopic (exact) mass is 530 g/mol. The van der Waals surface area contributed by atoms with E-state index in [1.54, 1.807) is 0 Å². The number of halogens is 3. The van der Waals surface area contributed by atoms with E-state index in [2.05, 4.69) is 4.98 Å². The Labute approximate surface area is 217 Å². The second-order valence-corrected chi connectivity index (χ2v) is 10.9. The van der Waals surface area contributed by atoms with Gasteiger partial charge in [0.15, 0.2) is 0 Å². The van der Waals surface area contributed by atoms with Gasteiger partial charge >= 0.3 is 12.1 Å². The van der Waals surface area contributed by atoms with E-state index in [1.165, 1.54) is 23.5 Å². The third-order valence-electron chi connectivity index (χ3n) is 5.65. The van der Waals surface area contributed by atoms with Gasteiger partial charge in [0.1, 0.15) is 22.9 Å². The van der Waals surface area contributed by atoms with Gasteiger partial charge in [-0.15, -0.1) is 11.3 Å². The highest BCUT2D eigenvalue weighted by Crippen LogP contribution is 2.33. The molecule has 0 saturated carbocycles. The Kier molecular flexibility index (Phi) is 7.64. The standard InChI is InChI=1S/C28H29F3N2O3S/c1-18-24(37-26(32-18)19-10-12-20(13-11-19)28(29,30)31)9-6-16-35-23-8-5-7-22-21(23)14-15-33(22)17-25(34)36-27(2,3)4/h5,7-8,10-15H,6,9,16-17H2,1-4H3. The molecule has 2 aromatic heterocycles. The summed E-state index contributed by atoms with van der Waals surface area (Å²) in [6.45, 7) is 8.05. The lowest BCUT2D eigenvalue weighted by atomic mass is 10.1. The molecule has 5 nitrogen and oxygen atoms in total. The number of hydrogen-bond acceptors (Lipinski definition) is 5. The van der Waals surface area contributed by atoms with Crippen LogP contribution >= 0.6 is 11.3 Å². The molecule has 2 aromatic carbocycles. The first-order valence-corrected chi connectivity index (χ1v) is 12.8. The van der Waals surface area contributed by atoms with Crippen molar-refractivity contribution >= 4 is 28.2 Å². The molecule has 4 aromatic rings. The molecule has 0 aliphatic carbocycles. The van der Waals surface area contributed by atoms with Gasteiger partial charge in [-0.1, -0.05) is 18.2 Å². The summed E-state index contributed by atoms with van der Waals surface area (Å²) in [6, 6.07) is 12.8. The molecule has 9 heteroatoms. The number of fused-ring (bicyclic) bond motifs is 1. The number of aromatic nitrogens is 2. The summed E-state index contributed by atoms with van der Waals surface area (Å²) >= 11 is 1.49. The summed E-state index contributed by atoms with van der Waals surface area (Å²) in [7, 11) is 0. The number of rotatable bonds is 8. The van der Waals surface area contributed by atoms with Crippen molar-refractivity contribution in [3.8, 4) is 16.3 Å². The second-order valence-electron chi connectivity index (χ2n) is 9.77. The highest BCUT2D eigenvalue weighted by atomic mass is 32.1. The first-order chi connectivity index (χ1) is 17.4. The van der Waals surface area contributed by atoms with Crippen molar-refractivity contribution in [1.82, 2.24) is 9.55 Å². The third-order valence-corrected chi connectivity index (χ3v) is 6.92. The maximum Gasteiger partial charge on any atom is 0.416 e. The predicted molar refractivity (Wildman–Crippen MR) is 139 cm³/mol. The van der Waals surface area contributed by atoms with Crippen LogP contribution in [0.5, 0.6) is 5.75 Å². The summed E-state index contributed by atoms with van der Waals surface area (Å²) in [5.41, 5.74) is 1.23. The summed E-state index contributed by atoms with van der Waals surface area (Å²) in [4.78, 5) is 17.9. The molecule has 0 aliphatic heterocycles. The molecule has 2 heterocycles. The van der Waals surface area contributed by atoms with Gasteiger partial charge in [0.25, 0.3) is 0 Å². The minimum atomic E-state index is -4.35. The maximum atomic E-state index is 12.8. The Morgan fingerprint density at radius 1 is 1.05 bits per heavy atom. The van der Waals surface area contributed by atoms with Crippen LogP contribution in [-0.2, 0) is 28.7 Å². The number of ether oxygens (including phenoxy) is 2. The van der Waals surface area contributed by atoms with Crippen LogP contribution in [0.2, 0.25) is 0 Å². The number of carbonyl (C=O) groups is 1. The van der Waals surface area contributed by atoms with Gasteiger partial charge in [0.05, 0.1) is 23.4 Å². The molecule has 37 heavy (non-hydrogen) atoms. The Bertz CT molecular complexity index is 1380. The molecule has 0 saturated heterocycles. The summed E-state index contributed by atoms with van der Waals surface area (Å²) in [5, 5.41) is 1.63. The summed E-state index contributed by atoms with van der Waals surface area (Å²) in [6.07, 6.45) is -0.997. The number of alkyl halides is 3. The van der Waals surface area contributed by atoms with Gasteiger partial charge in [-0.3, -0.25) is 4.79 Å². The van der Waals surface area contributed by atoms with Crippen molar-refractivity contribution in [3.05, 3.63) is 70.9 Å². The van der Waals surface area contributed by atoms with Gasteiger partial charge in [0.2, 0.25) is 0 Å². The third kappa shape index (κ3) is 6.71. The van der Waals surface area contributed by atoms with E-state index in [0.717, 1.165) is 52.2 Å². The van der Waals surface area contributed by atoms with Crippen molar-refractivity contribution in [3.63, 3.8) is 0 Å². The minimum Gasteiger partial charge on any atom is -0.493 e. The van der Waals surface area contributed by atoms with Crippen molar-refractivity contribution < 1.29 is 27.4 Å². The second kappa shape index (κ2) is 10.6. The lowest BCUT2D eigenvalue weighted by Crippen LogP contribution is -2.26. The van der Waals surface area contributed by atoms with E-state index < -0.39 is 17.3 Å². The van der Waals surface area contributed by atoms with Crippen LogP contribution in [0.3, 0.4) is 0 Å². The van der Waals surface area contributed by atoms with E-state index >= 15 is 0 Å². The SMILES string of the molecule is Cc1nc(-c2ccc(C(F)(F)F)cc2)sc1CCCOc1cccc2c1ccn2CC(=O)OC(C)(C)C. The molecule has 0 atom stereocenters. The van der Waals surface area contributed by atoms with Crippen LogP contribution in [0.25, 0.3) is 21.5 Å². The van der Waals surface area contributed by atoms with Gasteiger partial charge < -0.3 is 14.0 Å². The Morgan fingerprint density at radius 2 is 1.78 bits per heavy atom. The van der Waals surface area contributed by atoms with E-state index in [0.29, 0.717) is 17.2 Å². The molecule has 4 rings (SSSR count). The van der Waals surface area contributed by atoms with Crippen LogP contribution in [0.4, 0.5) is 13.2 Å². The average Bonchev–Trinajstić information content (AvgIpc) is 3.39. The van der Waals surface area contributed by atoms with Gasteiger partial charge in [0, 0.05) is 22.0 Å². The first-order valence-electron chi connectivity index (χ1n) is 12.0. The van der Waals surface area contributed by atoms with Crippen molar-refractivity contribution in [1.29, 1.82) is 0 Å². The smallest absolute Gasteiger partial charge is 0.416 e. The largest absolute Gasteiger partial charge is 0.493 e. The van der Waals surface area contributed by atoms with Crippen LogP contribution < -0.4 is 4.74 Å². The minimum absolute atomic E-state index is 0.121. The molecular weight excluding hydrogens is 501 g/mol. The molecule has 196 valence electrons. The van der Waals surface area contributed by atoms with E-state index in [9.17, 15) is 18.0 Å². The number of carbonyl (C=O) groups excluding carboxylic acids is 1. The van der Waals surface area contributed by atoms with Gasteiger partial charge in [-0.25, -0.2) is 4.98 Å². The van der Waals surface area contributed by atoms with Crippen LogP contribution in [0.1, 0.15) is 43.3 Å². The molecule has 0 N–H and O–H groups in total. The molecule has 0 spiro atoms. The molecule has 0 amide bonds. The van der Waals surface area contributed by atoms with Crippen LogP contribution in [-0.4, -0.2) is 27.7 Å². The number of nitrogens with zero attached hydrogens (tertiary/aromatic N) is 2. The molecule has 0 unspecified atom stereocenters. The lowest BCUT2D eigenvalue weighted by molar-refractivity contribution is -0.155. The highest BCUT2D eigenvalue weighted by Gasteiger charge is 2.30. The number of esters is 1. The van der Waals surface area contributed by atoms with E-state index in [-0.39, 0.29) is 12.5 Å². The zero-order chi connectivity index (χ0) is 26.8. The fourth-order valence-corrected chi connectivity index (χ4v) is 5.08. The molecular formula is C28H29F3N2O3S. The van der Waals surface area contributed by atoms with Crippen molar-refractivity contribution in [2.45, 2.75) is 58.9 Å². The topological polar surface area (TPSA) is 53.4 Å². The van der Waals surface area contributed by atoms with Gasteiger partial charge in [-0.05, 0) is 70.9 Å².